The molecule has 1 atom stereocenters. The summed E-state index contributed by atoms with van der Waals surface area (Å²) < 4.78 is 10.9. The molecule has 1 amide bonds. The molecule has 0 radical (unpaired) electrons. The van der Waals surface area contributed by atoms with Crippen LogP contribution in [0.1, 0.15) is 30.1 Å². The number of ether oxygens (including phenoxy) is 2. The van der Waals surface area contributed by atoms with Gasteiger partial charge in [-0.15, -0.1) is 12.4 Å². The van der Waals surface area contributed by atoms with E-state index in [-0.39, 0.29) is 18.3 Å². The van der Waals surface area contributed by atoms with Gasteiger partial charge in [-0.3, -0.25) is 4.79 Å². The standard InChI is InChI=1S/C16H24N2O3.ClH/c1-2-20-10-11-21-15-8-4-3-7-14(15)16(19)18-12-13-6-5-9-17-13;/h3-4,7-8,13,17H,2,5-6,9-12H2,1H3,(H,18,19);1H. The van der Waals surface area contributed by atoms with Crippen LogP contribution in [-0.2, 0) is 4.74 Å². The summed E-state index contributed by atoms with van der Waals surface area (Å²) in [6.07, 6.45) is 2.30. The maximum atomic E-state index is 12.3. The third-order valence-corrected chi connectivity index (χ3v) is 3.49. The molecule has 0 spiro atoms. The lowest BCUT2D eigenvalue weighted by atomic mass is 10.1. The molecule has 0 saturated carbocycles. The predicted octanol–water partition coefficient (Wildman–Crippen LogP) is 2.01. The topological polar surface area (TPSA) is 59.6 Å². The highest BCUT2D eigenvalue weighted by Gasteiger charge is 2.17. The van der Waals surface area contributed by atoms with Crippen molar-refractivity contribution in [1.29, 1.82) is 0 Å². The average Bonchev–Trinajstić information content (AvgIpc) is 3.03. The lowest BCUT2D eigenvalue weighted by Crippen LogP contribution is -2.37. The molecule has 1 aliphatic heterocycles. The molecule has 1 aromatic carbocycles. The molecular weight excluding hydrogens is 304 g/mol. The van der Waals surface area contributed by atoms with E-state index in [1.54, 1.807) is 6.07 Å². The van der Waals surface area contributed by atoms with Gasteiger partial charge in [-0.1, -0.05) is 12.1 Å². The van der Waals surface area contributed by atoms with Crippen molar-refractivity contribution < 1.29 is 14.3 Å². The van der Waals surface area contributed by atoms with Gasteiger partial charge >= 0.3 is 0 Å². The van der Waals surface area contributed by atoms with Gasteiger partial charge in [0.25, 0.3) is 5.91 Å². The van der Waals surface area contributed by atoms with E-state index in [2.05, 4.69) is 10.6 Å². The first-order valence-electron chi connectivity index (χ1n) is 7.62. The number of carbonyl (C=O) groups is 1. The molecule has 0 aromatic heterocycles. The molecule has 5 nitrogen and oxygen atoms in total. The maximum Gasteiger partial charge on any atom is 0.255 e. The van der Waals surface area contributed by atoms with Gasteiger partial charge in [0.1, 0.15) is 12.4 Å². The van der Waals surface area contributed by atoms with Crippen LogP contribution in [0.15, 0.2) is 24.3 Å². The lowest BCUT2D eigenvalue weighted by molar-refractivity contribution is 0.0933. The van der Waals surface area contributed by atoms with Gasteiger partial charge in [0.2, 0.25) is 0 Å². The number of halogens is 1. The highest BCUT2D eigenvalue weighted by Crippen LogP contribution is 2.17. The first kappa shape index (κ1) is 18.7. The second-order valence-electron chi connectivity index (χ2n) is 5.04. The smallest absolute Gasteiger partial charge is 0.255 e. The summed E-state index contributed by atoms with van der Waals surface area (Å²) in [4.78, 5) is 12.3. The Bertz CT molecular complexity index is 451. The van der Waals surface area contributed by atoms with Gasteiger partial charge in [-0.2, -0.15) is 0 Å². The summed E-state index contributed by atoms with van der Waals surface area (Å²) in [6, 6.07) is 7.70. The Morgan fingerprint density at radius 1 is 1.36 bits per heavy atom. The summed E-state index contributed by atoms with van der Waals surface area (Å²) in [6.45, 7) is 5.28. The van der Waals surface area contributed by atoms with E-state index in [9.17, 15) is 4.79 Å². The second-order valence-corrected chi connectivity index (χ2v) is 5.04. The Morgan fingerprint density at radius 2 is 2.18 bits per heavy atom. The van der Waals surface area contributed by atoms with Crippen LogP contribution in [0, 0.1) is 0 Å². The predicted molar refractivity (Wildman–Crippen MR) is 89.0 cm³/mol. The van der Waals surface area contributed by atoms with Crippen LogP contribution in [0.4, 0.5) is 0 Å². The fraction of sp³-hybridized carbons (Fsp3) is 0.562. The quantitative estimate of drug-likeness (QED) is 0.717. The number of carbonyl (C=O) groups excluding carboxylic acids is 1. The van der Waals surface area contributed by atoms with Crippen molar-refractivity contribution in [3.63, 3.8) is 0 Å². The molecular formula is C16H25ClN2O3. The van der Waals surface area contributed by atoms with Crippen LogP contribution in [0.3, 0.4) is 0 Å². The van der Waals surface area contributed by atoms with E-state index >= 15 is 0 Å². The molecule has 22 heavy (non-hydrogen) atoms. The summed E-state index contributed by atoms with van der Waals surface area (Å²) in [5.41, 5.74) is 0.576. The van der Waals surface area contributed by atoms with Crippen LogP contribution >= 0.6 is 12.4 Å². The monoisotopic (exact) mass is 328 g/mol. The number of hydrogen-bond donors (Lipinski definition) is 2. The molecule has 1 aromatic rings. The molecule has 1 unspecified atom stereocenters. The zero-order valence-electron chi connectivity index (χ0n) is 13.0. The summed E-state index contributed by atoms with van der Waals surface area (Å²) in [5, 5.41) is 6.33. The highest BCUT2D eigenvalue weighted by atomic mass is 35.5. The van der Waals surface area contributed by atoms with Gasteiger partial charge in [-0.05, 0) is 38.4 Å². The Labute approximate surface area is 138 Å². The Morgan fingerprint density at radius 3 is 2.91 bits per heavy atom. The molecule has 0 bridgehead atoms. The van der Waals surface area contributed by atoms with Crippen molar-refractivity contribution in [3.8, 4) is 5.75 Å². The van der Waals surface area contributed by atoms with E-state index in [4.69, 9.17) is 9.47 Å². The first-order chi connectivity index (χ1) is 10.3. The van der Waals surface area contributed by atoms with E-state index < -0.39 is 0 Å². The van der Waals surface area contributed by atoms with E-state index in [0.29, 0.717) is 43.7 Å². The Balaban J connectivity index is 0.00000242. The first-order valence-corrected chi connectivity index (χ1v) is 7.62. The number of rotatable bonds is 8. The SMILES string of the molecule is CCOCCOc1ccccc1C(=O)NCC1CCCN1.Cl. The molecule has 124 valence electrons. The third-order valence-electron chi connectivity index (χ3n) is 3.49. The van der Waals surface area contributed by atoms with Gasteiger partial charge in [-0.25, -0.2) is 0 Å². The fourth-order valence-electron chi connectivity index (χ4n) is 2.38. The maximum absolute atomic E-state index is 12.3. The van der Waals surface area contributed by atoms with Crippen LogP contribution in [0.25, 0.3) is 0 Å². The number of hydrogen-bond acceptors (Lipinski definition) is 4. The van der Waals surface area contributed by atoms with Crippen molar-refractivity contribution in [3.05, 3.63) is 29.8 Å². The molecule has 1 fully saturated rings. The average molecular weight is 329 g/mol. The minimum Gasteiger partial charge on any atom is -0.490 e. The van der Waals surface area contributed by atoms with Crippen LogP contribution < -0.4 is 15.4 Å². The van der Waals surface area contributed by atoms with E-state index in [1.807, 2.05) is 25.1 Å². The summed E-state index contributed by atoms with van der Waals surface area (Å²) in [7, 11) is 0. The van der Waals surface area contributed by atoms with Crippen molar-refractivity contribution in [2.45, 2.75) is 25.8 Å². The number of para-hydroxylation sites is 1. The Hall–Kier alpha value is -1.30. The van der Waals surface area contributed by atoms with E-state index in [0.717, 1.165) is 13.0 Å². The van der Waals surface area contributed by atoms with Crippen LogP contribution in [-0.4, -0.2) is 44.9 Å². The zero-order valence-corrected chi connectivity index (χ0v) is 13.8. The highest BCUT2D eigenvalue weighted by molar-refractivity contribution is 5.96. The van der Waals surface area contributed by atoms with Gasteiger partial charge in [0, 0.05) is 19.2 Å². The second kappa shape index (κ2) is 10.4. The van der Waals surface area contributed by atoms with Crippen LogP contribution in [0.2, 0.25) is 0 Å². The minimum atomic E-state index is -0.0873. The van der Waals surface area contributed by atoms with E-state index in [1.165, 1.54) is 6.42 Å². The normalized spacial score (nSPS) is 16.9. The minimum absolute atomic E-state index is 0. The largest absolute Gasteiger partial charge is 0.490 e. The Kier molecular flexibility index (Phi) is 8.89. The fourth-order valence-corrected chi connectivity index (χ4v) is 2.38. The number of nitrogens with one attached hydrogen (secondary N) is 2. The van der Waals surface area contributed by atoms with Crippen molar-refractivity contribution in [1.82, 2.24) is 10.6 Å². The van der Waals surface area contributed by atoms with Gasteiger partial charge < -0.3 is 20.1 Å². The van der Waals surface area contributed by atoms with Crippen molar-refractivity contribution in [2.24, 2.45) is 0 Å². The molecule has 2 N–H and O–H groups in total. The summed E-state index contributed by atoms with van der Waals surface area (Å²) >= 11 is 0. The third kappa shape index (κ3) is 5.83. The molecule has 1 aliphatic rings. The number of amides is 1. The number of benzene rings is 1. The van der Waals surface area contributed by atoms with Crippen molar-refractivity contribution in [2.75, 3.05) is 32.9 Å². The molecule has 0 aliphatic carbocycles. The lowest BCUT2D eigenvalue weighted by Gasteiger charge is -2.14. The van der Waals surface area contributed by atoms with Crippen LogP contribution in [0.5, 0.6) is 5.75 Å². The molecule has 1 heterocycles. The van der Waals surface area contributed by atoms with Crippen molar-refractivity contribution >= 4 is 18.3 Å². The van der Waals surface area contributed by atoms with Gasteiger partial charge in [0.15, 0.2) is 0 Å². The zero-order chi connectivity index (χ0) is 14.9. The molecule has 1 saturated heterocycles. The molecule has 6 heteroatoms. The molecule has 2 rings (SSSR count). The summed E-state index contributed by atoms with van der Waals surface area (Å²) in [5.74, 6) is 0.518. The van der Waals surface area contributed by atoms with Gasteiger partial charge in [0.05, 0.1) is 12.2 Å².